The lowest BCUT2D eigenvalue weighted by molar-refractivity contribution is -0.385. The molecule has 1 aromatic rings. The van der Waals surface area contributed by atoms with Crippen molar-refractivity contribution < 1.29 is 4.92 Å². The molecule has 0 radical (unpaired) electrons. The van der Waals surface area contributed by atoms with Gasteiger partial charge in [-0.05, 0) is 47.6 Å². The van der Waals surface area contributed by atoms with Gasteiger partial charge in [0.15, 0.2) is 0 Å². The second-order valence-electron chi connectivity index (χ2n) is 4.49. The molecule has 1 rings (SSSR count). The van der Waals surface area contributed by atoms with E-state index in [-0.39, 0.29) is 10.6 Å². The van der Waals surface area contributed by atoms with E-state index >= 15 is 0 Å². The van der Waals surface area contributed by atoms with Gasteiger partial charge in [-0.15, -0.1) is 0 Å². The second-order valence-corrected chi connectivity index (χ2v) is 5.34. The smallest absolute Gasteiger partial charge is 0.283 e. The minimum atomic E-state index is -0.356. The van der Waals surface area contributed by atoms with Crippen molar-refractivity contribution in [3.8, 4) is 0 Å². The summed E-state index contributed by atoms with van der Waals surface area (Å²) >= 11 is 3.19. The zero-order chi connectivity index (χ0) is 13.5. The monoisotopic (exact) mass is 314 g/mol. The predicted octanol–water partition coefficient (Wildman–Crippen LogP) is 3.98. The summed E-state index contributed by atoms with van der Waals surface area (Å²) in [4.78, 5) is 12.7. The molecule has 0 heterocycles. The fourth-order valence-electron chi connectivity index (χ4n) is 1.82. The van der Waals surface area contributed by atoms with Crippen molar-refractivity contribution in [3.63, 3.8) is 0 Å². The molecule has 0 amide bonds. The van der Waals surface area contributed by atoms with Crippen molar-refractivity contribution in [2.75, 3.05) is 13.6 Å². The number of hydrogen-bond donors (Lipinski definition) is 0. The minimum Gasteiger partial charge on any atom is -0.302 e. The van der Waals surface area contributed by atoms with Crippen molar-refractivity contribution in [1.82, 2.24) is 4.90 Å². The molecular weight excluding hydrogens is 296 g/mol. The molecule has 0 bridgehead atoms. The van der Waals surface area contributed by atoms with Crippen LogP contribution in [0.3, 0.4) is 0 Å². The zero-order valence-corrected chi connectivity index (χ0v) is 12.4. The maximum absolute atomic E-state index is 10.8. The number of unbranched alkanes of at least 4 members (excludes halogenated alkanes) is 2. The van der Waals surface area contributed by atoms with Crippen molar-refractivity contribution in [3.05, 3.63) is 38.3 Å². The Hall–Kier alpha value is -0.940. The molecule has 0 spiro atoms. The van der Waals surface area contributed by atoms with Crippen LogP contribution in [0.15, 0.2) is 22.7 Å². The van der Waals surface area contributed by atoms with Crippen LogP contribution in [0.25, 0.3) is 0 Å². The molecule has 0 N–H and O–H groups in total. The fourth-order valence-corrected chi connectivity index (χ4v) is 2.21. The van der Waals surface area contributed by atoms with Gasteiger partial charge in [0.2, 0.25) is 0 Å². The molecule has 0 saturated carbocycles. The number of nitro benzene ring substituents is 1. The number of benzene rings is 1. The zero-order valence-electron chi connectivity index (χ0n) is 10.9. The summed E-state index contributed by atoms with van der Waals surface area (Å²) < 4.78 is 0.532. The summed E-state index contributed by atoms with van der Waals surface area (Å²) in [5, 5.41) is 10.8. The van der Waals surface area contributed by atoms with Crippen LogP contribution >= 0.6 is 15.9 Å². The van der Waals surface area contributed by atoms with Gasteiger partial charge in [-0.1, -0.05) is 25.8 Å². The van der Waals surface area contributed by atoms with E-state index in [1.165, 1.54) is 19.3 Å². The maximum atomic E-state index is 10.8. The van der Waals surface area contributed by atoms with E-state index in [4.69, 9.17) is 0 Å². The van der Waals surface area contributed by atoms with E-state index < -0.39 is 0 Å². The predicted molar refractivity (Wildman–Crippen MR) is 76.7 cm³/mol. The highest BCUT2D eigenvalue weighted by molar-refractivity contribution is 9.10. The van der Waals surface area contributed by atoms with E-state index in [0.29, 0.717) is 4.47 Å². The average molecular weight is 315 g/mol. The Morgan fingerprint density at radius 1 is 1.39 bits per heavy atom. The van der Waals surface area contributed by atoms with E-state index in [9.17, 15) is 10.1 Å². The standard InChI is InChI=1S/C13H19BrN2O2/c1-3-4-5-8-15(2)10-11-6-7-12(14)13(9-11)16(17)18/h6-7,9H,3-5,8,10H2,1-2H3. The number of halogens is 1. The lowest BCUT2D eigenvalue weighted by Gasteiger charge is -2.16. The Bertz CT molecular complexity index is 410. The summed E-state index contributed by atoms with van der Waals surface area (Å²) in [6.45, 7) is 3.95. The van der Waals surface area contributed by atoms with Crippen LogP contribution in [0.5, 0.6) is 0 Å². The van der Waals surface area contributed by atoms with Crippen LogP contribution in [0.2, 0.25) is 0 Å². The van der Waals surface area contributed by atoms with Gasteiger partial charge in [-0.2, -0.15) is 0 Å². The Kier molecular flexibility index (Phi) is 6.29. The third-order valence-corrected chi connectivity index (χ3v) is 3.47. The van der Waals surface area contributed by atoms with Crippen LogP contribution in [-0.4, -0.2) is 23.4 Å². The van der Waals surface area contributed by atoms with Crippen molar-refractivity contribution in [2.45, 2.75) is 32.7 Å². The van der Waals surface area contributed by atoms with E-state index in [1.54, 1.807) is 12.1 Å². The SMILES string of the molecule is CCCCCN(C)Cc1ccc(Br)c([N+](=O)[O-])c1. The Balaban J connectivity index is 2.62. The van der Waals surface area contributed by atoms with Gasteiger partial charge >= 0.3 is 0 Å². The molecular formula is C13H19BrN2O2. The first-order valence-electron chi connectivity index (χ1n) is 6.16. The van der Waals surface area contributed by atoms with Crippen LogP contribution in [0, 0.1) is 10.1 Å². The van der Waals surface area contributed by atoms with Gasteiger partial charge < -0.3 is 4.90 Å². The third-order valence-electron chi connectivity index (χ3n) is 2.80. The summed E-state index contributed by atoms with van der Waals surface area (Å²) in [7, 11) is 2.05. The molecule has 0 aliphatic carbocycles. The highest BCUT2D eigenvalue weighted by Gasteiger charge is 2.12. The Morgan fingerprint density at radius 2 is 2.11 bits per heavy atom. The number of hydrogen-bond acceptors (Lipinski definition) is 3. The fraction of sp³-hybridized carbons (Fsp3) is 0.538. The first kappa shape index (κ1) is 15.1. The van der Waals surface area contributed by atoms with Crippen molar-refractivity contribution >= 4 is 21.6 Å². The second kappa shape index (κ2) is 7.48. The average Bonchev–Trinajstić information content (AvgIpc) is 2.31. The molecule has 0 aliphatic rings. The third kappa shape index (κ3) is 4.74. The molecule has 0 aromatic heterocycles. The highest BCUT2D eigenvalue weighted by Crippen LogP contribution is 2.26. The summed E-state index contributed by atoms with van der Waals surface area (Å²) in [5.41, 5.74) is 1.11. The Morgan fingerprint density at radius 3 is 2.72 bits per heavy atom. The number of nitrogens with zero attached hydrogens (tertiary/aromatic N) is 2. The molecule has 0 saturated heterocycles. The normalized spacial score (nSPS) is 10.9. The van der Waals surface area contributed by atoms with Crippen LogP contribution in [-0.2, 0) is 6.54 Å². The van der Waals surface area contributed by atoms with Gasteiger partial charge in [0.25, 0.3) is 5.69 Å². The Labute approximate surface area is 116 Å². The van der Waals surface area contributed by atoms with Crippen LogP contribution < -0.4 is 0 Å². The largest absolute Gasteiger partial charge is 0.302 e. The van der Waals surface area contributed by atoms with E-state index in [0.717, 1.165) is 18.7 Å². The van der Waals surface area contributed by atoms with E-state index in [1.807, 2.05) is 13.1 Å². The molecule has 100 valence electrons. The quantitative estimate of drug-likeness (QED) is 0.434. The number of rotatable bonds is 7. The summed E-state index contributed by atoms with van der Waals surface area (Å²) in [5.74, 6) is 0. The van der Waals surface area contributed by atoms with Gasteiger partial charge in [0.1, 0.15) is 0 Å². The maximum Gasteiger partial charge on any atom is 0.283 e. The molecule has 5 heteroatoms. The van der Waals surface area contributed by atoms with Gasteiger partial charge in [0, 0.05) is 12.6 Å². The van der Waals surface area contributed by atoms with Gasteiger partial charge in [-0.3, -0.25) is 10.1 Å². The molecule has 0 unspecified atom stereocenters. The van der Waals surface area contributed by atoms with Gasteiger partial charge in [0.05, 0.1) is 9.40 Å². The molecule has 4 nitrogen and oxygen atoms in total. The first-order chi connectivity index (χ1) is 8.54. The molecule has 0 atom stereocenters. The van der Waals surface area contributed by atoms with Crippen LogP contribution in [0.1, 0.15) is 31.7 Å². The summed E-state index contributed by atoms with van der Waals surface area (Å²) in [6, 6.07) is 5.31. The number of nitro groups is 1. The topological polar surface area (TPSA) is 46.4 Å². The van der Waals surface area contributed by atoms with Crippen molar-refractivity contribution in [1.29, 1.82) is 0 Å². The molecule has 0 fully saturated rings. The van der Waals surface area contributed by atoms with E-state index in [2.05, 4.69) is 27.8 Å². The lowest BCUT2D eigenvalue weighted by atomic mass is 10.2. The minimum absolute atomic E-state index is 0.134. The molecule has 18 heavy (non-hydrogen) atoms. The van der Waals surface area contributed by atoms with Crippen LogP contribution in [0.4, 0.5) is 5.69 Å². The van der Waals surface area contributed by atoms with Crippen molar-refractivity contribution in [2.24, 2.45) is 0 Å². The first-order valence-corrected chi connectivity index (χ1v) is 6.95. The van der Waals surface area contributed by atoms with Gasteiger partial charge in [-0.25, -0.2) is 0 Å². The molecule has 1 aromatic carbocycles. The molecule has 0 aliphatic heterocycles. The lowest BCUT2D eigenvalue weighted by Crippen LogP contribution is -2.19. The highest BCUT2D eigenvalue weighted by atomic mass is 79.9. The summed E-state index contributed by atoms with van der Waals surface area (Å²) in [6.07, 6.45) is 3.61.